The van der Waals surface area contributed by atoms with Gasteiger partial charge in [-0.05, 0) is 42.5 Å². The molecule has 2 heterocycles. The van der Waals surface area contributed by atoms with Gasteiger partial charge in [0.15, 0.2) is 5.96 Å². The fourth-order valence-corrected chi connectivity index (χ4v) is 4.07. The summed E-state index contributed by atoms with van der Waals surface area (Å²) < 4.78 is 18.9. The fourth-order valence-electron chi connectivity index (χ4n) is 3.18. The number of nitrogens with one attached hydrogen (secondary N) is 2. The van der Waals surface area contributed by atoms with E-state index in [0.29, 0.717) is 37.8 Å². The zero-order valence-corrected chi connectivity index (χ0v) is 20.3. The maximum absolute atomic E-state index is 13.2. The average molecular weight is 546 g/mol. The first-order valence-electron chi connectivity index (χ1n) is 9.75. The zero-order chi connectivity index (χ0) is 20.6. The molecule has 1 aromatic carbocycles. The van der Waals surface area contributed by atoms with Crippen molar-refractivity contribution in [1.29, 1.82) is 0 Å². The lowest BCUT2D eigenvalue weighted by molar-refractivity contribution is -0.131. The topological polar surface area (TPSA) is 66.0 Å². The second-order valence-corrected chi connectivity index (χ2v) is 7.95. The summed E-state index contributed by atoms with van der Waals surface area (Å²) in [7, 11) is 1.68. The maximum Gasteiger partial charge on any atom is 0.224 e. The van der Waals surface area contributed by atoms with Gasteiger partial charge in [-0.15, -0.1) is 35.3 Å². The smallest absolute Gasteiger partial charge is 0.224 e. The Balaban J connectivity index is 0.00000320. The first-order valence-corrected chi connectivity index (χ1v) is 10.6. The van der Waals surface area contributed by atoms with Crippen LogP contribution in [0.2, 0.25) is 0 Å². The number of amides is 1. The number of carbonyl (C=O) groups excluding carboxylic acids is 1. The van der Waals surface area contributed by atoms with Crippen LogP contribution >= 0.6 is 35.3 Å². The van der Waals surface area contributed by atoms with E-state index in [9.17, 15) is 9.18 Å². The number of carbonyl (C=O) groups is 1. The first-order chi connectivity index (χ1) is 14.0. The van der Waals surface area contributed by atoms with E-state index in [1.54, 1.807) is 30.5 Å². The number of guanidine groups is 1. The highest BCUT2D eigenvalue weighted by atomic mass is 127. The van der Waals surface area contributed by atoms with E-state index in [2.05, 4.69) is 27.1 Å². The third-order valence-electron chi connectivity index (χ3n) is 4.71. The summed E-state index contributed by atoms with van der Waals surface area (Å²) >= 11 is 1.77. The van der Waals surface area contributed by atoms with Crippen molar-refractivity contribution >= 4 is 47.2 Å². The van der Waals surface area contributed by atoms with Crippen LogP contribution in [0.15, 0.2) is 40.7 Å². The van der Waals surface area contributed by atoms with Crippen LogP contribution in [0.25, 0.3) is 0 Å². The third-order valence-corrected chi connectivity index (χ3v) is 5.73. The minimum atomic E-state index is -0.325. The number of hydrogen-bond donors (Lipinski definition) is 2. The Morgan fingerprint density at radius 2 is 2.20 bits per heavy atom. The molecule has 9 heteroatoms. The van der Waals surface area contributed by atoms with Crippen molar-refractivity contribution < 1.29 is 13.9 Å². The van der Waals surface area contributed by atoms with Gasteiger partial charge in [-0.3, -0.25) is 9.79 Å². The molecule has 0 bridgehead atoms. The summed E-state index contributed by atoms with van der Waals surface area (Å²) in [6.07, 6.45) is 1.18. The molecule has 2 aromatic rings. The Hall–Kier alpha value is -1.88. The number of hydrogen-bond acceptors (Lipinski definition) is 4. The Morgan fingerprint density at radius 3 is 2.97 bits per heavy atom. The van der Waals surface area contributed by atoms with Crippen LogP contribution in [0.4, 0.5) is 4.39 Å². The van der Waals surface area contributed by atoms with Gasteiger partial charge < -0.3 is 20.3 Å². The highest BCUT2D eigenvalue weighted by molar-refractivity contribution is 14.0. The molecule has 0 saturated carbocycles. The molecule has 0 saturated heterocycles. The van der Waals surface area contributed by atoms with Crippen LogP contribution in [-0.2, 0) is 17.8 Å². The van der Waals surface area contributed by atoms with Crippen molar-refractivity contribution in [2.24, 2.45) is 4.99 Å². The number of benzene rings is 1. The molecule has 1 aromatic heterocycles. The van der Waals surface area contributed by atoms with Crippen LogP contribution < -0.4 is 15.4 Å². The van der Waals surface area contributed by atoms with E-state index in [1.807, 2.05) is 11.8 Å². The summed E-state index contributed by atoms with van der Waals surface area (Å²) in [6, 6.07) is 8.18. The van der Waals surface area contributed by atoms with Gasteiger partial charge in [-0.25, -0.2) is 4.39 Å². The number of aliphatic imine (C=N–C) groups is 1. The summed E-state index contributed by atoms with van der Waals surface area (Å²) in [5.41, 5.74) is 1.27. The molecule has 1 aliphatic rings. The van der Waals surface area contributed by atoms with Gasteiger partial charge >= 0.3 is 0 Å². The highest BCUT2D eigenvalue weighted by Gasteiger charge is 2.21. The van der Waals surface area contributed by atoms with Crippen LogP contribution in [0.3, 0.4) is 0 Å². The number of fused-ring (bicyclic) bond motifs is 1. The van der Waals surface area contributed by atoms with Crippen LogP contribution in [0.5, 0.6) is 5.75 Å². The lowest BCUT2D eigenvalue weighted by Crippen LogP contribution is -2.43. The molecule has 0 aliphatic carbocycles. The van der Waals surface area contributed by atoms with Gasteiger partial charge in [0.05, 0.1) is 6.54 Å². The Labute approximate surface area is 197 Å². The Morgan fingerprint density at radius 1 is 1.37 bits per heavy atom. The largest absolute Gasteiger partial charge is 0.489 e. The molecule has 3 rings (SSSR count). The normalized spacial score (nSPS) is 14.4. The van der Waals surface area contributed by atoms with E-state index in [1.165, 1.54) is 22.6 Å². The number of halogens is 2. The lowest BCUT2D eigenvalue weighted by Gasteiger charge is -2.27. The van der Waals surface area contributed by atoms with E-state index in [0.717, 1.165) is 13.0 Å². The second kappa shape index (κ2) is 12.1. The third kappa shape index (κ3) is 7.12. The van der Waals surface area contributed by atoms with Crippen LogP contribution in [0, 0.1) is 5.82 Å². The molecule has 0 radical (unpaired) electrons. The molecule has 30 heavy (non-hydrogen) atoms. The summed E-state index contributed by atoms with van der Waals surface area (Å²) in [5.74, 6) is 0.913. The number of rotatable bonds is 7. The molecule has 2 N–H and O–H groups in total. The van der Waals surface area contributed by atoms with E-state index < -0.39 is 0 Å². The standard InChI is InChI=1S/C21H27FN4O2S.HI/c1-15(28-18-5-3-4-17(22)12-18)13-25-21(23-2)24-9-6-20(27)26-10-7-19-16(14-26)8-11-29-19;/h3-5,8,11-12,15H,6-7,9-10,13-14H2,1-2H3,(H2,23,24,25);1H. The Kier molecular flexibility index (Phi) is 9.83. The molecule has 1 unspecified atom stereocenters. The molecule has 1 amide bonds. The predicted octanol–water partition coefficient (Wildman–Crippen LogP) is 3.41. The summed E-state index contributed by atoms with van der Waals surface area (Å²) in [4.78, 5) is 20.0. The number of nitrogens with zero attached hydrogens (tertiary/aromatic N) is 2. The summed E-state index contributed by atoms with van der Waals surface area (Å²) in [5, 5.41) is 8.42. The molecule has 1 aliphatic heterocycles. The van der Waals surface area contributed by atoms with Crippen molar-refractivity contribution in [2.45, 2.75) is 32.4 Å². The molecular formula is C21H28FIN4O2S. The van der Waals surface area contributed by atoms with Crippen molar-refractivity contribution in [3.63, 3.8) is 0 Å². The van der Waals surface area contributed by atoms with Gasteiger partial charge in [0.1, 0.15) is 17.7 Å². The predicted molar refractivity (Wildman–Crippen MR) is 129 cm³/mol. The van der Waals surface area contributed by atoms with Crippen molar-refractivity contribution in [1.82, 2.24) is 15.5 Å². The van der Waals surface area contributed by atoms with Gasteiger partial charge in [0.25, 0.3) is 0 Å². The fraction of sp³-hybridized carbons (Fsp3) is 0.429. The summed E-state index contributed by atoms with van der Waals surface area (Å²) in [6.45, 7) is 4.39. The van der Waals surface area contributed by atoms with Crippen LogP contribution in [-0.4, -0.2) is 49.6 Å². The molecule has 6 nitrogen and oxygen atoms in total. The van der Waals surface area contributed by atoms with Crippen molar-refractivity contribution in [2.75, 3.05) is 26.7 Å². The molecule has 164 valence electrons. The molecular weight excluding hydrogens is 518 g/mol. The SMILES string of the molecule is CN=C(NCCC(=O)N1CCc2sccc2C1)NCC(C)Oc1cccc(F)c1.I. The van der Waals surface area contributed by atoms with E-state index in [-0.39, 0.29) is 41.8 Å². The van der Waals surface area contributed by atoms with Gasteiger partial charge in [0.2, 0.25) is 5.91 Å². The molecule has 0 spiro atoms. The van der Waals surface area contributed by atoms with Crippen molar-refractivity contribution in [3.8, 4) is 5.75 Å². The quantitative estimate of drug-likeness (QED) is 0.318. The monoisotopic (exact) mass is 546 g/mol. The number of ether oxygens (including phenoxy) is 1. The average Bonchev–Trinajstić information content (AvgIpc) is 3.18. The van der Waals surface area contributed by atoms with Crippen LogP contribution in [0.1, 0.15) is 23.8 Å². The lowest BCUT2D eigenvalue weighted by atomic mass is 10.1. The minimum absolute atomic E-state index is 0. The Bertz CT molecular complexity index is 861. The van der Waals surface area contributed by atoms with Crippen molar-refractivity contribution in [3.05, 3.63) is 52.0 Å². The van der Waals surface area contributed by atoms with Gasteiger partial charge in [0, 0.05) is 44.0 Å². The number of thiophene rings is 1. The van der Waals surface area contributed by atoms with E-state index in [4.69, 9.17) is 4.74 Å². The maximum atomic E-state index is 13.2. The van der Waals surface area contributed by atoms with Gasteiger partial charge in [-0.1, -0.05) is 6.07 Å². The minimum Gasteiger partial charge on any atom is -0.489 e. The van der Waals surface area contributed by atoms with Gasteiger partial charge in [-0.2, -0.15) is 0 Å². The highest BCUT2D eigenvalue weighted by Crippen LogP contribution is 2.24. The molecule has 1 atom stereocenters. The van der Waals surface area contributed by atoms with E-state index >= 15 is 0 Å². The second-order valence-electron chi connectivity index (χ2n) is 6.95. The first kappa shape index (κ1) is 24.4. The molecule has 0 fully saturated rings. The zero-order valence-electron chi connectivity index (χ0n) is 17.2.